The molecule has 1 heterocycles. The monoisotopic (exact) mass is 268 g/mol. The van der Waals surface area contributed by atoms with Gasteiger partial charge in [0.15, 0.2) is 9.52 Å². The van der Waals surface area contributed by atoms with Crippen molar-refractivity contribution in [3.8, 4) is 0 Å². The van der Waals surface area contributed by atoms with Crippen molar-refractivity contribution in [1.29, 1.82) is 0 Å². The molecule has 62 valence electrons. The molecule has 11 heavy (non-hydrogen) atoms. The van der Waals surface area contributed by atoms with Crippen LogP contribution in [0.3, 0.4) is 0 Å². The number of halogens is 2. The molecular weight excluding hydrogens is 258 g/mol. The van der Waals surface area contributed by atoms with Gasteiger partial charge in [-0.2, -0.15) is 5.10 Å². The second-order valence-corrected chi connectivity index (χ2v) is 4.41. The Balaban J connectivity index is 3.08. The molecule has 1 aromatic rings. The van der Waals surface area contributed by atoms with Crippen molar-refractivity contribution in [1.82, 2.24) is 9.78 Å². The van der Waals surface area contributed by atoms with Gasteiger partial charge in [-0.05, 0) is 43.4 Å². The molecule has 0 aliphatic rings. The third-order valence-corrected chi connectivity index (χ3v) is 2.05. The molecule has 0 saturated heterocycles. The van der Waals surface area contributed by atoms with E-state index in [4.69, 9.17) is 0 Å². The lowest BCUT2D eigenvalue weighted by atomic mass is 10.1. The summed E-state index contributed by atoms with van der Waals surface area (Å²) < 4.78 is 14.8. The second-order valence-electron chi connectivity index (χ2n) is 3.38. The van der Waals surface area contributed by atoms with Crippen LogP contribution in [0.1, 0.15) is 20.8 Å². The Kier molecular flexibility index (Phi) is 2.22. The average molecular weight is 268 g/mol. The number of hydrogen-bond acceptors (Lipinski definition) is 1. The van der Waals surface area contributed by atoms with E-state index in [0.717, 1.165) is 0 Å². The lowest BCUT2D eigenvalue weighted by Crippen LogP contribution is -2.22. The fraction of sp³-hybridized carbons (Fsp3) is 0.571. The van der Waals surface area contributed by atoms with Gasteiger partial charge in [-0.25, -0.2) is 4.39 Å². The van der Waals surface area contributed by atoms with E-state index in [1.807, 2.05) is 43.4 Å². The van der Waals surface area contributed by atoms with E-state index in [9.17, 15) is 4.39 Å². The van der Waals surface area contributed by atoms with Crippen LogP contribution in [-0.2, 0) is 5.54 Å². The maximum Gasteiger partial charge on any atom is 0.174 e. The first-order valence-electron chi connectivity index (χ1n) is 3.32. The predicted molar refractivity (Wildman–Crippen MR) is 49.9 cm³/mol. The standard InChI is InChI=1S/C7H10FIN2/c1-7(2,3)11-4-5(8)6(9)10-11/h4H,1-3H3. The summed E-state index contributed by atoms with van der Waals surface area (Å²) >= 11 is 1.88. The average Bonchev–Trinajstić information content (AvgIpc) is 2.11. The highest BCUT2D eigenvalue weighted by atomic mass is 127. The first kappa shape index (κ1) is 8.96. The SMILES string of the molecule is CC(C)(C)n1cc(F)c(I)n1. The van der Waals surface area contributed by atoms with E-state index in [-0.39, 0.29) is 11.4 Å². The molecule has 4 heteroatoms. The van der Waals surface area contributed by atoms with Crippen molar-refractivity contribution < 1.29 is 4.39 Å². The van der Waals surface area contributed by atoms with Crippen LogP contribution in [0, 0.1) is 9.52 Å². The van der Waals surface area contributed by atoms with Crippen molar-refractivity contribution in [3.05, 3.63) is 15.7 Å². The molecule has 0 radical (unpaired) electrons. The molecule has 0 bridgehead atoms. The summed E-state index contributed by atoms with van der Waals surface area (Å²) in [6.45, 7) is 5.94. The Bertz CT molecular complexity index is 242. The second kappa shape index (κ2) is 2.73. The van der Waals surface area contributed by atoms with Crippen LogP contribution < -0.4 is 0 Å². The molecule has 0 amide bonds. The van der Waals surface area contributed by atoms with Crippen LogP contribution in [0.2, 0.25) is 0 Å². The molecule has 2 nitrogen and oxygen atoms in total. The topological polar surface area (TPSA) is 17.8 Å². The zero-order valence-electron chi connectivity index (χ0n) is 6.73. The Labute approximate surface area is 78.9 Å². The molecule has 1 aromatic heterocycles. The van der Waals surface area contributed by atoms with Gasteiger partial charge in [0.25, 0.3) is 0 Å². The van der Waals surface area contributed by atoms with E-state index < -0.39 is 0 Å². The fourth-order valence-electron chi connectivity index (χ4n) is 0.675. The number of nitrogens with zero attached hydrogens (tertiary/aromatic N) is 2. The van der Waals surface area contributed by atoms with Crippen molar-refractivity contribution in [2.75, 3.05) is 0 Å². The van der Waals surface area contributed by atoms with Gasteiger partial charge in [-0.15, -0.1) is 0 Å². The molecule has 0 fully saturated rings. The quantitative estimate of drug-likeness (QED) is 0.660. The minimum atomic E-state index is -0.250. The van der Waals surface area contributed by atoms with Gasteiger partial charge in [-0.3, -0.25) is 4.68 Å². The molecule has 0 aromatic carbocycles. The maximum atomic E-state index is 12.8. The van der Waals surface area contributed by atoms with Crippen molar-refractivity contribution in [2.45, 2.75) is 26.3 Å². The Morgan fingerprint density at radius 3 is 2.27 bits per heavy atom. The summed E-state index contributed by atoms with van der Waals surface area (Å²) in [4.78, 5) is 0. The van der Waals surface area contributed by atoms with Gasteiger partial charge in [0.05, 0.1) is 11.7 Å². The molecule has 0 aliphatic carbocycles. The molecule has 0 aliphatic heterocycles. The highest BCUT2D eigenvalue weighted by Crippen LogP contribution is 2.16. The van der Waals surface area contributed by atoms with Crippen LogP contribution in [0.25, 0.3) is 0 Å². The first-order valence-corrected chi connectivity index (χ1v) is 4.40. The zero-order valence-corrected chi connectivity index (χ0v) is 8.89. The molecule has 0 saturated carbocycles. The fourth-order valence-corrected chi connectivity index (χ4v) is 1.05. The third-order valence-electron chi connectivity index (χ3n) is 1.32. The smallest absolute Gasteiger partial charge is 0.174 e. The van der Waals surface area contributed by atoms with Crippen molar-refractivity contribution in [2.24, 2.45) is 0 Å². The van der Waals surface area contributed by atoms with Crippen LogP contribution >= 0.6 is 22.6 Å². The van der Waals surface area contributed by atoms with E-state index in [2.05, 4.69) is 5.10 Å². The van der Waals surface area contributed by atoms with Gasteiger partial charge in [0.1, 0.15) is 0 Å². The third kappa shape index (κ3) is 1.91. The van der Waals surface area contributed by atoms with Crippen molar-refractivity contribution >= 4 is 22.6 Å². The number of rotatable bonds is 0. The summed E-state index contributed by atoms with van der Waals surface area (Å²) in [5.74, 6) is -0.250. The van der Waals surface area contributed by atoms with Crippen LogP contribution in [0.5, 0.6) is 0 Å². The molecular formula is C7H10FIN2. The van der Waals surface area contributed by atoms with Crippen molar-refractivity contribution in [3.63, 3.8) is 0 Å². The van der Waals surface area contributed by atoms with Gasteiger partial charge >= 0.3 is 0 Å². The van der Waals surface area contributed by atoms with Crippen LogP contribution in [-0.4, -0.2) is 9.78 Å². The number of hydrogen-bond donors (Lipinski definition) is 0. The van der Waals surface area contributed by atoms with Crippen LogP contribution in [0.15, 0.2) is 6.20 Å². The van der Waals surface area contributed by atoms with Gasteiger partial charge in [0, 0.05) is 0 Å². The zero-order chi connectivity index (χ0) is 8.65. The summed E-state index contributed by atoms with van der Waals surface area (Å²) in [5.41, 5.74) is -0.135. The first-order chi connectivity index (χ1) is 4.91. The van der Waals surface area contributed by atoms with E-state index in [0.29, 0.717) is 3.70 Å². The highest BCUT2D eigenvalue weighted by Gasteiger charge is 2.16. The Morgan fingerprint density at radius 1 is 1.55 bits per heavy atom. The summed E-state index contributed by atoms with van der Waals surface area (Å²) in [7, 11) is 0. The molecule has 0 spiro atoms. The molecule has 0 atom stereocenters. The van der Waals surface area contributed by atoms with E-state index in [1.165, 1.54) is 6.20 Å². The minimum absolute atomic E-state index is 0.135. The van der Waals surface area contributed by atoms with Gasteiger partial charge < -0.3 is 0 Å². The minimum Gasteiger partial charge on any atom is -0.263 e. The Hall–Kier alpha value is -0.130. The molecule has 0 N–H and O–H groups in total. The summed E-state index contributed by atoms with van der Waals surface area (Å²) in [6.07, 6.45) is 1.42. The Morgan fingerprint density at radius 2 is 2.09 bits per heavy atom. The van der Waals surface area contributed by atoms with Gasteiger partial charge in [-0.1, -0.05) is 0 Å². The number of aromatic nitrogens is 2. The summed E-state index contributed by atoms with van der Waals surface area (Å²) in [6, 6.07) is 0. The lowest BCUT2D eigenvalue weighted by Gasteiger charge is -2.18. The largest absolute Gasteiger partial charge is 0.263 e. The van der Waals surface area contributed by atoms with E-state index in [1.54, 1.807) is 4.68 Å². The molecule has 1 rings (SSSR count). The normalized spacial score (nSPS) is 12.1. The summed E-state index contributed by atoms with van der Waals surface area (Å²) in [5, 5.41) is 4.01. The van der Waals surface area contributed by atoms with Crippen LogP contribution in [0.4, 0.5) is 4.39 Å². The predicted octanol–water partition coefficient (Wildman–Crippen LogP) is 2.38. The van der Waals surface area contributed by atoms with E-state index >= 15 is 0 Å². The lowest BCUT2D eigenvalue weighted by molar-refractivity contribution is 0.353. The maximum absolute atomic E-state index is 12.8. The molecule has 0 unspecified atom stereocenters. The highest BCUT2D eigenvalue weighted by molar-refractivity contribution is 14.1. The van der Waals surface area contributed by atoms with Gasteiger partial charge in [0.2, 0.25) is 0 Å².